The molecule has 1 saturated carbocycles. The van der Waals surface area contributed by atoms with Crippen LogP contribution in [0.15, 0.2) is 48.5 Å². The molecule has 0 heterocycles. The highest BCUT2D eigenvalue weighted by atomic mass is 16.5. The topological polar surface area (TPSA) is 55.8 Å². The molecule has 2 aromatic carbocycles. The number of rotatable bonds is 8. The summed E-state index contributed by atoms with van der Waals surface area (Å²) in [6.07, 6.45) is 1.99. The lowest BCUT2D eigenvalue weighted by Crippen LogP contribution is -2.36. The number of methoxy groups -OCH3 is 1. The first-order chi connectivity index (χ1) is 13.5. The number of esters is 1. The number of carbonyl (C=O) groups is 2. The molecule has 3 rings (SSSR count). The summed E-state index contributed by atoms with van der Waals surface area (Å²) in [4.78, 5) is 26.7. The molecule has 0 saturated heterocycles. The van der Waals surface area contributed by atoms with Crippen LogP contribution in [0.1, 0.15) is 54.1 Å². The van der Waals surface area contributed by atoms with Crippen LogP contribution in [-0.2, 0) is 16.1 Å². The summed E-state index contributed by atoms with van der Waals surface area (Å²) in [7, 11) is 1.62. The molecule has 1 aliphatic rings. The van der Waals surface area contributed by atoms with E-state index in [1.165, 1.54) is 0 Å². The average molecular weight is 381 g/mol. The van der Waals surface area contributed by atoms with E-state index in [0.29, 0.717) is 18.0 Å². The molecule has 0 N–H and O–H groups in total. The Morgan fingerprint density at radius 1 is 1.04 bits per heavy atom. The second-order valence-electron chi connectivity index (χ2n) is 7.45. The van der Waals surface area contributed by atoms with E-state index < -0.39 is 5.97 Å². The monoisotopic (exact) mass is 381 g/mol. The van der Waals surface area contributed by atoms with E-state index in [1.807, 2.05) is 36.4 Å². The van der Waals surface area contributed by atoms with E-state index in [-0.39, 0.29) is 18.6 Å². The summed E-state index contributed by atoms with van der Waals surface area (Å²) in [5.74, 6) is 0.552. The SMILES string of the molecule is COc1ccc(CN(C(=O)COC(=O)c2ccc(C(C)C)cc2)C2CC2)cc1. The van der Waals surface area contributed by atoms with E-state index in [4.69, 9.17) is 9.47 Å². The van der Waals surface area contributed by atoms with Crippen molar-refractivity contribution in [1.82, 2.24) is 4.90 Å². The molecular formula is C23H27NO4. The van der Waals surface area contributed by atoms with Gasteiger partial charge in [0.15, 0.2) is 6.61 Å². The van der Waals surface area contributed by atoms with E-state index in [2.05, 4.69) is 13.8 Å². The van der Waals surface area contributed by atoms with Crippen LogP contribution in [0.25, 0.3) is 0 Å². The Labute approximate surface area is 166 Å². The normalized spacial score (nSPS) is 13.3. The van der Waals surface area contributed by atoms with Crippen molar-refractivity contribution in [1.29, 1.82) is 0 Å². The van der Waals surface area contributed by atoms with Crippen LogP contribution in [0, 0.1) is 0 Å². The van der Waals surface area contributed by atoms with Crippen molar-refractivity contribution in [2.75, 3.05) is 13.7 Å². The Morgan fingerprint density at radius 3 is 2.21 bits per heavy atom. The molecule has 0 spiro atoms. The maximum atomic E-state index is 12.7. The van der Waals surface area contributed by atoms with Gasteiger partial charge in [0.25, 0.3) is 5.91 Å². The van der Waals surface area contributed by atoms with Crippen LogP contribution < -0.4 is 4.74 Å². The molecule has 0 atom stereocenters. The van der Waals surface area contributed by atoms with Gasteiger partial charge in [-0.2, -0.15) is 0 Å². The van der Waals surface area contributed by atoms with E-state index in [0.717, 1.165) is 29.7 Å². The molecule has 1 aliphatic carbocycles. The van der Waals surface area contributed by atoms with Gasteiger partial charge in [-0.25, -0.2) is 4.79 Å². The highest BCUT2D eigenvalue weighted by molar-refractivity contribution is 5.91. The minimum atomic E-state index is -0.469. The lowest BCUT2D eigenvalue weighted by molar-refractivity contribution is -0.135. The van der Waals surface area contributed by atoms with Crippen molar-refractivity contribution in [3.8, 4) is 5.75 Å². The van der Waals surface area contributed by atoms with Gasteiger partial charge >= 0.3 is 5.97 Å². The lowest BCUT2D eigenvalue weighted by Gasteiger charge is -2.22. The van der Waals surface area contributed by atoms with Crippen LogP contribution in [-0.4, -0.2) is 36.5 Å². The number of amides is 1. The van der Waals surface area contributed by atoms with Crippen molar-refractivity contribution in [3.05, 3.63) is 65.2 Å². The van der Waals surface area contributed by atoms with Crippen molar-refractivity contribution < 1.29 is 19.1 Å². The van der Waals surface area contributed by atoms with Gasteiger partial charge in [0.2, 0.25) is 0 Å². The summed E-state index contributed by atoms with van der Waals surface area (Å²) in [6, 6.07) is 15.2. The molecule has 1 amide bonds. The Hall–Kier alpha value is -2.82. The minimum Gasteiger partial charge on any atom is -0.497 e. The summed E-state index contributed by atoms with van der Waals surface area (Å²) in [5.41, 5.74) is 2.65. The number of ether oxygens (including phenoxy) is 2. The first-order valence-corrected chi connectivity index (χ1v) is 9.67. The maximum absolute atomic E-state index is 12.7. The van der Waals surface area contributed by atoms with E-state index in [9.17, 15) is 9.59 Å². The first-order valence-electron chi connectivity index (χ1n) is 9.67. The first kappa shape index (κ1) is 19.9. The second-order valence-corrected chi connectivity index (χ2v) is 7.45. The van der Waals surface area contributed by atoms with Gasteiger partial charge in [-0.1, -0.05) is 38.1 Å². The maximum Gasteiger partial charge on any atom is 0.338 e. The quantitative estimate of drug-likeness (QED) is 0.644. The van der Waals surface area contributed by atoms with Gasteiger partial charge in [-0.3, -0.25) is 4.79 Å². The van der Waals surface area contributed by atoms with Crippen molar-refractivity contribution >= 4 is 11.9 Å². The molecule has 0 aliphatic heterocycles. The number of hydrogen-bond donors (Lipinski definition) is 0. The van der Waals surface area contributed by atoms with Gasteiger partial charge in [0.05, 0.1) is 12.7 Å². The van der Waals surface area contributed by atoms with Crippen LogP contribution >= 0.6 is 0 Å². The fraction of sp³-hybridized carbons (Fsp3) is 0.391. The largest absolute Gasteiger partial charge is 0.497 e. The molecule has 5 heteroatoms. The van der Waals surface area contributed by atoms with Crippen LogP contribution in [0.2, 0.25) is 0 Å². The fourth-order valence-corrected chi connectivity index (χ4v) is 3.03. The van der Waals surface area contributed by atoms with Crippen LogP contribution in [0.4, 0.5) is 0 Å². The summed E-state index contributed by atoms with van der Waals surface area (Å²) in [5, 5.41) is 0. The highest BCUT2D eigenvalue weighted by Gasteiger charge is 2.33. The third-order valence-electron chi connectivity index (χ3n) is 4.96. The molecule has 1 fully saturated rings. The Bertz CT molecular complexity index is 808. The van der Waals surface area contributed by atoms with Crippen LogP contribution in [0.5, 0.6) is 5.75 Å². The zero-order valence-electron chi connectivity index (χ0n) is 16.7. The molecule has 0 aromatic heterocycles. The Kier molecular flexibility index (Phi) is 6.34. The van der Waals surface area contributed by atoms with E-state index >= 15 is 0 Å². The smallest absolute Gasteiger partial charge is 0.338 e. The summed E-state index contributed by atoms with van der Waals surface area (Å²) >= 11 is 0. The van der Waals surface area contributed by atoms with Gasteiger partial charge in [-0.05, 0) is 54.2 Å². The Morgan fingerprint density at radius 2 is 1.68 bits per heavy atom. The van der Waals surface area contributed by atoms with Crippen LogP contribution in [0.3, 0.4) is 0 Å². The van der Waals surface area contributed by atoms with Gasteiger partial charge in [-0.15, -0.1) is 0 Å². The molecule has 2 aromatic rings. The Balaban J connectivity index is 1.57. The number of carbonyl (C=O) groups excluding carboxylic acids is 2. The standard InChI is InChI=1S/C23H27NO4/c1-16(2)18-6-8-19(9-7-18)23(26)28-15-22(25)24(20-10-11-20)14-17-4-12-21(27-3)13-5-17/h4-9,12-13,16,20H,10-11,14-15H2,1-3H3. The van der Waals surface area contributed by atoms with Gasteiger partial charge < -0.3 is 14.4 Å². The lowest BCUT2D eigenvalue weighted by atomic mass is 10.0. The zero-order valence-corrected chi connectivity index (χ0v) is 16.7. The molecular weight excluding hydrogens is 354 g/mol. The predicted octanol–water partition coefficient (Wildman–Crippen LogP) is 4.17. The van der Waals surface area contributed by atoms with Gasteiger partial charge in [0.1, 0.15) is 5.75 Å². The summed E-state index contributed by atoms with van der Waals surface area (Å²) in [6.45, 7) is 4.47. The minimum absolute atomic E-state index is 0.162. The number of hydrogen-bond acceptors (Lipinski definition) is 4. The highest BCUT2D eigenvalue weighted by Crippen LogP contribution is 2.29. The number of nitrogens with zero attached hydrogens (tertiary/aromatic N) is 1. The molecule has 0 unspecified atom stereocenters. The third-order valence-corrected chi connectivity index (χ3v) is 4.96. The van der Waals surface area contributed by atoms with E-state index in [1.54, 1.807) is 24.1 Å². The molecule has 0 radical (unpaired) electrons. The van der Waals surface area contributed by atoms with Gasteiger partial charge in [0, 0.05) is 12.6 Å². The zero-order chi connectivity index (χ0) is 20.1. The van der Waals surface area contributed by atoms with Crippen molar-refractivity contribution in [2.24, 2.45) is 0 Å². The molecule has 148 valence electrons. The molecule has 5 nitrogen and oxygen atoms in total. The molecule has 0 bridgehead atoms. The average Bonchev–Trinajstić information content (AvgIpc) is 3.55. The molecule has 28 heavy (non-hydrogen) atoms. The van der Waals surface area contributed by atoms with Crippen molar-refractivity contribution in [2.45, 2.75) is 45.2 Å². The number of benzene rings is 2. The summed E-state index contributed by atoms with van der Waals surface area (Å²) < 4.78 is 10.4. The third kappa shape index (κ3) is 5.12. The van der Waals surface area contributed by atoms with Crippen molar-refractivity contribution in [3.63, 3.8) is 0 Å². The fourth-order valence-electron chi connectivity index (χ4n) is 3.03. The second kappa shape index (κ2) is 8.91. The predicted molar refractivity (Wildman–Crippen MR) is 107 cm³/mol.